The van der Waals surface area contributed by atoms with Crippen molar-refractivity contribution in [1.82, 2.24) is 9.62 Å². The minimum Gasteiger partial charge on any atom is -0.404 e. The van der Waals surface area contributed by atoms with Gasteiger partial charge in [0, 0.05) is 19.5 Å². The Morgan fingerprint density at radius 2 is 1.74 bits per heavy atom. The zero-order chi connectivity index (χ0) is 22.4. The van der Waals surface area contributed by atoms with Gasteiger partial charge in [-0.05, 0) is 35.2 Å². The zero-order valence-electron chi connectivity index (χ0n) is 16.0. The summed E-state index contributed by atoms with van der Waals surface area (Å²) >= 11 is 0. The van der Waals surface area contributed by atoms with E-state index in [0.29, 0.717) is 23.1 Å². The van der Waals surface area contributed by atoms with Gasteiger partial charge >= 0.3 is 6.36 Å². The van der Waals surface area contributed by atoms with Crippen LogP contribution < -0.4 is 10.1 Å². The Morgan fingerprint density at radius 3 is 2.45 bits per heavy atom. The Labute approximate surface area is 175 Å². The number of carbonyl (C=O) groups excluding carboxylic acids is 2. The van der Waals surface area contributed by atoms with Crippen molar-refractivity contribution < 1.29 is 35.9 Å². The average Bonchev–Trinajstić information content (AvgIpc) is 3.11. The van der Waals surface area contributed by atoms with Gasteiger partial charge in [0.2, 0.25) is 21.8 Å². The smallest absolute Gasteiger partial charge is 0.404 e. The first kappa shape index (κ1) is 21.3. The number of piperidine rings is 1. The summed E-state index contributed by atoms with van der Waals surface area (Å²) in [5.74, 6) is -2.05. The first-order valence-corrected chi connectivity index (χ1v) is 10.8. The molecule has 31 heavy (non-hydrogen) atoms. The Hall–Kier alpha value is -2.92. The summed E-state index contributed by atoms with van der Waals surface area (Å²) in [7, 11) is -4.28. The molecule has 4 rings (SSSR count). The van der Waals surface area contributed by atoms with E-state index in [1.54, 1.807) is 18.2 Å². The minimum absolute atomic E-state index is 0.0202. The third-order valence-corrected chi connectivity index (χ3v) is 7.09. The third-order valence-electron chi connectivity index (χ3n) is 5.26. The Morgan fingerprint density at radius 1 is 1.03 bits per heavy atom. The molecule has 2 aromatic rings. The first-order chi connectivity index (χ1) is 14.5. The van der Waals surface area contributed by atoms with Gasteiger partial charge in [-0.25, -0.2) is 8.42 Å². The van der Waals surface area contributed by atoms with E-state index >= 15 is 0 Å². The van der Waals surface area contributed by atoms with E-state index < -0.39 is 38.9 Å². The lowest BCUT2D eigenvalue weighted by atomic mass is 9.89. The van der Waals surface area contributed by atoms with E-state index in [-0.39, 0.29) is 25.4 Å². The van der Waals surface area contributed by atoms with Gasteiger partial charge in [-0.15, -0.1) is 13.2 Å². The molecule has 0 spiro atoms. The first-order valence-electron chi connectivity index (χ1n) is 9.35. The Balaban J connectivity index is 1.60. The van der Waals surface area contributed by atoms with Crippen molar-refractivity contribution in [3.63, 3.8) is 0 Å². The van der Waals surface area contributed by atoms with Gasteiger partial charge in [0.1, 0.15) is 10.6 Å². The number of carbonyl (C=O) groups is 2. The molecule has 0 aliphatic carbocycles. The fourth-order valence-electron chi connectivity index (χ4n) is 3.79. The van der Waals surface area contributed by atoms with Crippen molar-refractivity contribution in [2.24, 2.45) is 0 Å². The number of fused-ring (bicyclic) bond motifs is 1. The van der Waals surface area contributed by atoms with Crippen LogP contribution in [-0.2, 0) is 32.7 Å². The van der Waals surface area contributed by atoms with Gasteiger partial charge in [-0.3, -0.25) is 14.9 Å². The van der Waals surface area contributed by atoms with E-state index in [2.05, 4.69) is 10.1 Å². The van der Waals surface area contributed by atoms with Crippen molar-refractivity contribution >= 4 is 21.8 Å². The highest BCUT2D eigenvalue weighted by Crippen LogP contribution is 2.36. The zero-order valence-corrected chi connectivity index (χ0v) is 16.8. The molecule has 1 fully saturated rings. The van der Waals surface area contributed by atoms with E-state index in [1.165, 1.54) is 12.1 Å². The monoisotopic (exact) mass is 454 g/mol. The molecule has 0 bridgehead atoms. The summed E-state index contributed by atoms with van der Waals surface area (Å²) in [6.45, 7) is -0.0766. The summed E-state index contributed by atoms with van der Waals surface area (Å²) in [5, 5.41) is 2.28. The number of benzene rings is 2. The van der Waals surface area contributed by atoms with Crippen molar-refractivity contribution in [2.75, 3.05) is 0 Å². The molecule has 11 heteroatoms. The summed E-state index contributed by atoms with van der Waals surface area (Å²) < 4.78 is 69.2. The highest BCUT2D eigenvalue weighted by Gasteiger charge is 2.37. The van der Waals surface area contributed by atoms with Gasteiger partial charge in [0.05, 0.1) is 5.92 Å². The Kier molecular flexibility index (Phi) is 5.26. The second-order valence-corrected chi connectivity index (χ2v) is 9.21. The standard InChI is InChI=1S/C20H17F3N2O5S/c21-20(22,23)30-16-3-1-2-4-17(16)31(28,29)25-10-13-6-5-12(9-14(13)11-25)15-7-8-18(26)24-19(15)27/h1-6,9,15H,7-8,10-11H2,(H,24,26,27). The van der Waals surface area contributed by atoms with Crippen LogP contribution >= 0.6 is 0 Å². The van der Waals surface area contributed by atoms with Crippen LogP contribution in [0.1, 0.15) is 35.4 Å². The van der Waals surface area contributed by atoms with Crippen molar-refractivity contribution in [3.8, 4) is 5.75 Å². The molecule has 0 aromatic heterocycles. The fourth-order valence-corrected chi connectivity index (χ4v) is 5.30. The minimum atomic E-state index is -5.03. The van der Waals surface area contributed by atoms with Crippen molar-refractivity contribution in [2.45, 2.75) is 43.1 Å². The Bertz CT molecular complexity index is 1160. The van der Waals surface area contributed by atoms with E-state index in [0.717, 1.165) is 16.4 Å². The van der Waals surface area contributed by atoms with Gasteiger partial charge < -0.3 is 4.74 Å². The number of hydrogen-bond acceptors (Lipinski definition) is 5. The number of amides is 2. The third kappa shape index (κ3) is 4.28. The van der Waals surface area contributed by atoms with E-state index in [4.69, 9.17) is 0 Å². The number of hydrogen-bond donors (Lipinski definition) is 1. The van der Waals surface area contributed by atoms with Gasteiger partial charge in [0.15, 0.2) is 0 Å². The summed E-state index contributed by atoms with van der Waals surface area (Å²) in [5.41, 5.74) is 2.00. The van der Waals surface area contributed by atoms with Crippen LogP contribution in [0.3, 0.4) is 0 Å². The number of ether oxygens (including phenoxy) is 1. The van der Waals surface area contributed by atoms with Gasteiger partial charge in [-0.1, -0.05) is 30.3 Å². The van der Waals surface area contributed by atoms with Crippen LogP contribution in [-0.4, -0.2) is 30.9 Å². The van der Waals surface area contributed by atoms with Crippen molar-refractivity contribution in [3.05, 3.63) is 59.2 Å². The van der Waals surface area contributed by atoms with Crippen LogP contribution in [0.2, 0.25) is 0 Å². The van der Waals surface area contributed by atoms with Crippen LogP contribution in [0.15, 0.2) is 47.4 Å². The molecule has 2 aliphatic rings. The van der Waals surface area contributed by atoms with E-state index in [9.17, 15) is 31.2 Å². The number of nitrogens with zero attached hydrogens (tertiary/aromatic N) is 1. The number of alkyl halides is 3. The molecule has 0 saturated carbocycles. The lowest BCUT2D eigenvalue weighted by Gasteiger charge is -2.21. The lowest BCUT2D eigenvalue weighted by molar-refractivity contribution is -0.275. The number of rotatable bonds is 4. The highest BCUT2D eigenvalue weighted by molar-refractivity contribution is 7.89. The van der Waals surface area contributed by atoms with Crippen molar-refractivity contribution in [1.29, 1.82) is 0 Å². The van der Waals surface area contributed by atoms with Gasteiger partial charge in [0.25, 0.3) is 0 Å². The van der Waals surface area contributed by atoms with Gasteiger partial charge in [-0.2, -0.15) is 4.31 Å². The maximum absolute atomic E-state index is 13.1. The quantitative estimate of drug-likeness (QED) is 0.718. The number of halogens is 3. The summed E-state index contributed by atoms with van der Waals surface area (Å²) in [4.78, 5) is 22.9. The molecule has 1 N–H and O–H groups in total. The molecular weight excluding hydrogens is 437 g/mol. The molecule has 2 aliphatic heterocycles. The molecule has 2 heterocycles. The SMILES string of the molecule is O=C1CCC(c2ccc3c(c2)CN(S(=O)(=O)c2ccccc2OC(F)(F)F)C3)C(=O)N1. The molecule has 164 valence electrons. The molecular formula is C20H17F3N2O5S. The molecule has 1 unspecified atom stereocenters. The number of sulfonamides is 1. The molecule has 2 amide bonds. The summed E-state index contributed by atoms with van der Waals surface area (Å²) in [6.07, 6.45) is -4.46. The molecule has 0 radical (unpaired) electrons. The second-order valence-electron chi connectivity index (χ2n) is 7.30. The number of imide groups is 1. The predicted octanol–water partition coefficient (Wildman–Crippen LogP) is 2.81. The maximum Gasteiger partial charge on any atom is 0.573 e. The van der Waals surface area contributed by atoms with Crippen LogP contribution in [0.5, 0.6) is 5.75 Å². The molecule has 1 saturated heterocycles. The summed E-state index contributed by atoms with van der Waals surface area (Å²) in [6, 6.07) is 9.70. The van der Waals surface area contributed by atoms with Crippen LogP contribution in [0.25, 0.3) is 0 Å². The van der Waals surface area contributed by atoms with E-state index in [1.807, 2.05) is 0 Å². The lowest BCUT2D eigenvalue weighted by Crippen LogP contribution is -2.39. The fraction of sp³-hybridized carbons (Fsp3) is 0.300. The number of nitrogens with one attached hydrogen (secondary N) is 1. The predicted molar refractivity (Wildman–Crippen MR) is 101 cm³/mol. The average molecular weight is 454 g/mol. The maximum atomic E-state index is 13.1. The topological polar surface area (TPSA) is 92.8 Å². The highest BCUT2D eigenvalue weighted by atomic mass is 32.2. The number of para-hydroxylation sites is 1. The molecule has 1 atom stereocenters. The molecule has 2 aromatic carbocycles. The largest absolute Gasteiger partial charge is 0.573 e. The normalized spacial score (nSPS) is 19.8. The van der Waals surface area contributed by atoms with Crippen LogP contribution in [0.4, 0.5) is 13.2 Å². The van der Waals surface area contributed by atoms with Crippen LogP contribution in [0, 0.1) is 0 Å². The molecule has 7 nitrogen and oxygen atoms in total. The second kappa shape index (κ2) is 7.65.